The lowest BCUT2D eigenvalue weighted by atomic mass is 10.1. The second-order valence-corrected chi connectivity index (χ2v) is 12.1. The van der Waals surface area contributed by atoms with Crippen LogP contribution >= 0.6 is 16.8 Å². The van der Waals surface area contributed by atoms with Gasteiger partial charge in [-0.15, -0.1) is 0 Å². The van der Waals surface area contributed by atoms with Gasteiger partial charge < -0.3 is 9.34 Å². The molecule has 1 atom stereocenters. The van der Waals surface area contributed by atoms with Crippen molar-refractivity contribution < 1.29 is 0 Å². The quantitative estimate of drug-likeness (QED) is 0.322. The predicted molar refractivity (Wildman–Crippen MR) is 149 cm³/mol. The van der Waals surface area contributed by atoms with E-state index in [4.69, 9.17) is 0 Å². The van der Waals surface area contributed by atoms with Crippen molar-refractivity contribution in [3.63, 3.8) is 0 Å². The van der Waals surface area contributed by atoms with E-state index in [0.29, 0.717) is 8.88 Å². The molecule has 0 spiro atoms. The summed E-state index contributed by atoms with van der Waals surface area (Å²) in [6, 6.07) is 35.7. The Hall–Kier alpha value is -2.66. The maximum absolute atomic E-state index is 2.59. The lowest BCUT2D eigenvalue weighted by Gasteiger charge is -2.28. The Morgan fingerprint density at radius 1 is 0.636 bits per heavy atom. The predicted octanol–water partition coefficient (Wildman–Crippen LogP) is 6.21. The molecule has 1 aliphatic rings. The van der Waals surface area contributed by atoms with Gasteiger partial charge in [-0.2, -0.15) is 0 Å². The Morgan fingerprint density at radius 2 is 1.15 bits per heavy atom. The van der Waals surface area contributed by atoms with E-state index in [1.165, 1.54) is 44.0 Å². The van der Waals surface area contributed by atoms with Gasteiger partial charge >= 0.3 is 0 Å². The fourth-order valence-corrected chi connectivity index (χ4v) is 8.84. The molecule has 4 aromatic carbocycles. The molecule has 5 rings (SSSR count). The first-order valence-electron chi connectivity index (χ1n) is 11.5. The Labute approximate surface area is 200 Å². The minimum Gasteiger partial charge on any atom is -0.334 e. The molecule has 4 heteroatoms. The maximum atomic E-state index is 2.59. The summed E-state index contributed by atoms with van der Waals surface area (Å²) in [5, 5.41) is 4.24. The van der Waals surface area contributed by atoms with Crippen LogP contribution in [0.3, 0.4) is 0 Å². The highest BCUT2D eigenvalue weighted by molar-refractivity contribution is 7.80. The number of para-hydroxylation sites is 1. The standard InChI is InChI=1S/C29H30N2P2/c1-22-20-23(2)29(24(3)21-22)31-19-18-30(32-31)27-16-10-11-17-28(27)33(25-12-6-4-7-13-25)26-14-8-5-9-15-26/h4-17,20-21,32H,18-19H2,1-3H3. The molecule has 1 heterocycles. The zero-order chi connectivity index (χ0) is 22.8. The number of rotatable bonds is 5. The number of hydrogen-bond donors (Lipinski definition) is 0. The molecule has 0 aromatic heterocycles. The Bertz CT molecular complexity index is 1180. The molecular weight excluding hydrogens is 438 g/mol. The summed E-state index contributed by atoms with van der Waals surface area (Å²) in [7, 11) is -0.00712. The molecule has 4 aromatic rings. The summed E-state index contributed by atoms with van der Waals surface area (Å²) in [6.45, 7) is 8.80. The van der Waals surface area contributed by atoms with Crippen LogP contribution in [-0.2, 0) is 0 Å². The largest absolute Gasteiger partial charge is 0.334 e. The van der Waals surface area contributed by atoms with Crippen LogP contribution in [0.2, 0.25) is 0 Å². The molecule has 0 bridgehead atoms. The number of hydrogen-bond acceptors (Lipinski definition) is 2. The third-order valence-electron chi connectivity index (χ3n) is 6.14. The first kappa shape index (κ1) is 22.1. The van der Waals surface area contributed by atoms with Crippen molar-refractivity contribution in [1.29, 1.82) is 0 Å². The number of nitrogens with zero attached hydrogens (tertiary/aromatic N) is 2. The van der Waals surface area contributed by atoms with Crippen LogP contribution in [0.25, 0.3) is 0 Å². The minimum absolute atomic E-state index is 0.617. The van der Waals surface area contributed by atoms with Crippen LogP contribution < -0.4 is 25.3 Å². The Balaban J connectivity index is 1.53. The molecule has 0 amide bonds. The SMILES string of the molecule is Cc1cc(C)c(N2CCN(c3ccccc3P(c3ccccc3)c3ccccc3)P2)c(C)c1. The highest BCUT2D eigenvalue weighted by Gasteiger charge is 2.27. The van der Waals surface area contributed by atoms with Gasteiger partial charge in [-0.3, -0.25) is 0 Å². The molecule has 0 N–H and O–H groups in total. The molecule has 0 aliphatic carbocycles. The molecule has 0 saturated carbocycles. The smallest absolute Gasteiger partial charge is 0.0800 e. The van der Waals surface area contributed by atoms with E-state index in [-0.39, 0.29) is 0 Å². The minimum atomic E-state index is -0.624. The van der Waals surface area contributed by atoms with Crippen LogP contribution in [0.5, 0.6) is 0 Å². The number of aryl methyl sites for hydroxylation is 3. The molecule has 33 heavy (non-hydrogen) atoms. The zero-order valence-electron chi connectivity index (χ0n) is 19.5. The Kier molecular flexibility index (Phi) is 6.50. The molecule has 166 valence electrons. The lowest BCUT2D eigenvalue weighted by molar-refractivity contribution is 1.02. The van der Waals surface area contributed by atoms with Crippen molar-refractivity contribution in [2.75, 3.05) is 22.4 Å². The number of benzene rings is 4. The third-order valence-corrected chi connectivity index (χ3v) is 10.0. The summed E-state index contributed by atoms with van der Waals surface area (Å²) in [5.41, 5.74) is 6.89. The van der Waals surface area contributed by atoms with Gasteiger partial charge in [0, 0.05) is 29.8 Å². The van der Waals surface area contributed by atoms with Crippen LogP contribution in [0.1, 0.15) is 16.7 Å². The van der Waals surface area contributed by atoms with E-state index in [0.717, 1.165) is 13.1 Å². The van der Waals surface area contributed by atoms with Crippen LogP contribution in [0.15, 0.2) is 97.1 Å². The summed E-state index contributed by atoms with van der Waals surface area (Å²) in [4.78, 5) is 0. The maximum Gasteiger partial charge on any atom is 0.0800 e. The highest BCUT2D eigenvalue weighted by Crippen LogP contribution is 2.44. The van der Waals surface area contributed by atoms with Crippen molar-refractivity contribution in [3.8, 4) is 0 Å². The first-order valence-corrected chi connectivity index (χ1v) is 13.7. The third kappa shape index (κ3) is 4.56. The van der Waals surface area contributed by atoms with Gasteiger partial charge in [-0.1, -0.05) is 96.6 Å². The van der Waals surface area contributed by atoms with Crippen molar-refractivity contribution in [1.82, 2.24) is 0 Å². The number of anilines is 2. The van der Waals surface area contributed by atoms with Gasteiger partial charge in [-0.25, -0.2) is 0 Å². The first-order chi connectivity index (χ1) is 16.1. The van der Waals surface area contributed by atoms with Crippen molar-refractivity contribution in [2.45, 2.75) is 20.8 Å². The van der Waals surface area contributed by atoms with Gasteiger partial charge in [0.1, 0.15) is 0 Å². The molecular formula is C29H30N2P2. The van der Waals surface area contributed by atoms with Gasteiger partial charge in [0.15, 0.2) is 0 Å². The van der Waals surface area contributed by atoms with E-state index < -0.39 is 7.92 Å². The fourth-order valence-electron chi connectivity index (χ4n) is 4.84. The fraction of sp³-hybridized carbons (Fsp3) is 0.172. The molecule has 1 fully saturated rings. The van der Waals surface area contributed by atoms with E-state index in [2.05, 4.69) is 127 Å². The van der Waals surface area contributed by atoms with E-state index >= 15 is 0 Å². The zero-order valence-corrected chi connectivity index (χ0v) is 21.4. The van der Waals surface area contributed by atoms with Crippen LogP contribution in [-0.4, -0.2) is 13.1 Å². The second-order valence-electron chi connectivity index (χ2n) is 8.65. The van der Waals surface area contributed by atoms with E-state index in [9.17, 15) is 0 Å². The van der Waals surface area contributed by atoms with Gasteiger partial charge in [-0.05, 0) is 56.5 Å². The average Bonchev–Trinajstić information content (AvgIpc) is 3.30. The van der Waals surface area contributed by atoms with Crippen LogP contribution in [0.4, 0.5) is 11.4 Å². The van der Waals surface area contributed by atoms with Crippen molar-refractivity contribution >= 4 is 44.1 Å². The van der Waals surface area contributed by atoms with Gasteiger partial charge in [0.2, 0.25) is 0 Å². The van der Waals surface area contributed by atoms with Crippen molar-refractivity contribution in [3.05, 3.63) is 114 Å². The summed E-state index contributed by atoms with van der Waals surface area (Å²) in [5.74, 6) is 0. The summed E-state index contributed by atoms with van der Waals surface area (Å²) in [6.07, 6.45) is 0. The van der Waals surface area contributed by atoms with E-state index in [1.807, 2.05) is 0 Å². The monoisotopic (exact) mass is 468 g/mol. The topological polar surface area (TPSA) is 6.48 Å². The normalized spacial score (nSPS) is 14.4. The summed E-state index contributed by atoms with van der Waals surface area (Å²) < 4.78 is 5.17. The molecule has 2 nitrogen and oxygen atoms in total. The second kappa shape index (κ2) is 9.68. The summed E-state index contributed by atoms with van der Waals surface area (Å²) >= 11 is 0. The molecule has 1 unspecified atom stereocenters. The van der Waals surface area contributed by atoms with Crippen molar-refractivity contribution in [2.24, 2.45) is 0 Å². The van der Waals surface area contributed by atoms with Crippen LogP contribution in [0, 0.1) is 20.8 Å². The molecule has 1 aliphatic heterocycles. The highest BCUT2D eigenvalue weighted by atomic mass is 31.1. The molecule has 0 radical (unpaired) electrons. The van der Waals surface area contributed by atoms with E-state index in [1.54, 1.807) is 0 Å². The van der Waals surface area contributed by atoms with Gasteiger partial charge in [0.05, 0.1) is 8.88 Å². The molecule has 1 saturated heterocycles. The lowest BCUT2D eigenvalue weighted by Crippen LogP contribution is -2.25. The van der Waals surface area contributed by atoms with Gasteiger partial charge in [0.25, 0.3) is 0 Å². The average molecular weight is 469 g/mol. The Morgan fingerprint density at radius 3 is 1.76 bits per heavy atom.